The van der Waals surface area contributed by atoms with Crippen LogP contribution in [0.3, 0.4) is 0 Å². The highest BCUT2D eigenvalue weighted by atomic mass is 127. The first-order valence-electron chi connectivity index (χ1n) is 8.15. The first kappa shape index (κ1) is 20.7. The molecule has 8 heteroatoms. The van der Waals surface area contributed by atoms with E-state index in [-0.39, 0.29) is 19.6 Å². The van der Waals surface area contributed by atoms with Gasteiger partial charge in [-0.2, -0.15) is 0 Å². The molecule has 0 aliphatic heterocycles. The number of benzene rings is 2. The molecule has 0 aliphatic carbocycles. The molecule has 0 aliphatic rings. The zero-order valence-corrected chi connectivity index (χ0v) is 16.5. The summed E-state index contributed by atoms with van der Waals surface area (Å²) < 4.78 is 6.02. The number of rotatable bonds is 8. The van der Waals surface area contributed by atoms with Gasteiger partial charge in [0.25, 0.3) is 0 Å². The van der Waals surface area contributed by atoms with Crippen molar-refractivity contribution in [3.8, 4) is 0 Å². The third-order valence-electron chi connectivity index (χ3n) is 3.59. The van der Waals surface area contributed by atoms with Crippen LogP contribution in [0.25, 0.3) is 0 Å². The summed E-state index contributed by atoms with van der Waals surface area (Å²) in [5.74, 6) is -1.75. The summed E-state index contributed by atoms with van der Waals surface area (Å²) in [6.45, 7) is -0.289. The minimum atomic E-state index is -1.14. The molecule has 2 rings (SSSR count). The number of ether oxygens (including phenoxy) is 1. The van der Waals surface area contributed by atoms with E-state index >= 15 is 0 Å². The Hall–Kier alpha value is -2.62. The summed E-state index contributed by atoms with van der Waals surface area (Å²) in [5, 5.41) is 14.0. The van der Waals surface area contributed by atoms with Crippen LogP contribution in [0, 0.1) is 3.57 Å². The van der Waals surface area contributed by atoms with Gasteiger partial charge in [-0.15, -0.1) is 0 Å². The van der Waals surface area contributed by atoms with Crippen LogP contribution in [0.2, 0.25) is 0 Å². The van der Waals surface area contributed by atoms with Crippen molar-refractivity contribution >= 4 is 40.6 Å². The van der Waals surface area contributed by atoms with Crippen molar-refractivity contribution in [2.75, 3.05) is 6.54 Å². The quantitative estimate of drug-likeness (QED) is 0.502. The smallest absolute Gasteiger partial charge is 0.407 e. The zero-order chi connectivity index (χ0) is 19.6. The number of hydrogen-bond donors (Lipinski definition) is 3. The average molecular weight is 482 g/mol. The van der Waals surface area contributed by atoms with E-state index in [1.165, 1.54) is 0 Å². The number of aliphatic carboxylic acids is 1. The Morgan fingerprint density at radius 3 is 2.30 bits per heavy atom. The van der Waals surface area contributed by atoms with E-state index in [4.69, 9.17) is 4.74 Å². The molecular weight excluding hydrogens is 463 g/mol. The van der Waals surface area contributed by atoms with Gasteiger partial charge in [0.05, 0.1) is 0 Å². The third-order valence-corrected chi connectivity index (χ3v) is 4.31. The Bertz CT molecular complexity index is 780. The molecule has 1 atom stereocenters. The van der Waals surface area contributed by atoms with Gasteiger partial charge in [0.1, 0.15) is 19.2 Å². The van der Waals surface area contributed by atoms with Gasteiger partial charge in [-0.25, -0.2) is 9.59 Å². The summed E-state index contributed by atoms with van der Waals surface area (Å²) in [6, 6.07) is 15.4. The summed E-state index contributed by atoms with van der Waals surface area (Å²) in [5.41, 5.74) is 1.61. The van der Waals surface area contributed by atoms with Gasteiger partial charge in [0, 0.05) is 9.99 Å². The molecule has 2 amide bonds. The number of amides is 2. The summed E-state index contributed by atoms with van der Waals surface area (Å²) in [6.07, 6.45) is -0.602. The SMILES string of the molecule is O=C(CNC(=O)OCc1ccccc1)N[C@@H](Cc1ccc(I)cc1)C(=O)O. The standard InChI is InChI=1S/C19H19IN2O5/c20-15-8-6-13(7-9-15)10-16(18(24)25)22-17(23)11-21-19(26)27-12-14-4-2-1-3-5-14/h1-9,16H,10-12H2,(H,21,26)(H,22,23)(H,24,25)/t16-/m0/s1. The lowest BCUT2D eigenvalue weighted by Gasteiger charge is -2.15. The predicted molar refractivity (Wildman–Crippen MR) is 107 cm³/mol. The first-order valence-corrected chi connectivity index (χ1v) is 9.23. The molecular formula is C19H19IN2O5. The molecule has 27 heavy (non-hydrogen) atoms. The van der Waals surface area contributed by atoms with E-state index in [0.717, 1.165) is 14.7 Å². The minimum absolute atomic E-state index is 0.0822. The summed E-state index contributed by atoms with van der Waals surface area (Å²) in [7, 11) is 0. The maximum absolute atomic E-state index is 11.9. The average Bonchev–Trinajstić information content (AvgIpc) is 2.66. The van der Waals surface area contributed by atoms with Gasteiger partial charge in [0.2, 0.25) is 5.91 Å². The predicted octanol–water partition coefficient (Wildman–Crippen LogP) is 2.33. The maximum Gasteiger partial charge on any atom is 0.407 e. The highest BCUT2D eigenvalue weighted by molar-refractivity contribution is 14.1. The Labute approximate surface area is 170 Å². The molecule has 3 N–H and O–H groups in total. The molecule has 0 radical (unpaired) electrons. The molecule has 7 nitrogen and oxygen atoms in total. The van der Waals surface area contributed by atoms with Crippen molar-refractivity contribution in [1.29, 1.82) is 0 Å². The second-order valence-electron chi connectivity index (χ2n) is 5.70. The van der Waals surface area contributed by atoms with Crippen molar-refractivity contribution in [3.05, 3.63) is 69.3 Å². The van der Waals surface area contributed by atoms with Crippen LogP contribution in [0.5, 0.6) is 0 Å². The fraction of sp³-hybridized carbons (Fsp3) is 0.211. The Balaban J connectivity index is 1.77. The van der Waals surface area contributed by atoms with Gasteiger partial charge in [-0.1, -0.05) is 42.5 Å². The number of alkyl carbamates (subject to hydrolysis) is 1. The van der Waals surface area contributed by atoms with Crippen LogP contribution in [0.15, 0.2) is 54.6 Å². The molecule has 0 bridgehead atoms. The van der Waals surface area contributed by atoms with Gasteiger partial charge in [0.15, 0.2) is 0 Å². The van der Waals surface area contributed by atoms with Crippen LogP contribution in [-0.4, -0.2) is 35.7 Å². The van der Waals surface area contributed by atoms with Crippen LogP contribution >= 0.6 is 22.6 Å². The fourth-order valence-corrected chi connectivity index (χ4v) is 2.59. The Morgan fingerprint density at radius 1 is 1.00 bits per heavy atom. The molecule has 2 aromatic rings. The van der Waals surface area contributed by atoms with E-state index in [1.54, 1.807) is 0 Å². The van der Waals surface area contributed by atoms with Crippen molar-refractivity contribution in [3.63, 3.8) is 0 Å². The minimum Gasteiger partial charge on any atom is -0.480 e. The number of halogens is 1. The second kappa shape index (κ2) is 10.5. The number of hydrogen-bond acceptors (Lipinski definition) is 4. The lowest BCUT2D eigenvalue weighted by atomic mass is 10.1. The molecule has 0 saturated carbocycles. The van der Waals surface area contributed by atoms with Crippen molar-refractivity contribution < 1.29 is 24.2 Å². The third kappa shape index (κ3) is 7.65. The number of carbonyl (C=O) groups excluding carboxylic acids is 2. The van der Waals surface area contributed by atoms with Crippen LogP contribution < -0.4 is 10.6 Å². The number of nitrogens with one attached hydrogen (secondary N) is 2. The lowest BCUT2D eigenvalue weighted by molar-refractivity contribution is -0.141. The number of carbonyl (C=O) groups is 3. The molecule has 142 valence electrons. The topological polar surface area (TPSA) is 105 Å². The van der Waals surface area contributed by atoms with Gasteiger partial charge in [-0.3, -0.25) is 4.79 Å². The first-order chi connectivity index (χ1) is 12.9. The van der Waals surface area contributed by atoms with E-state index in [0.29, 0.717) is 0 Å². The van der Waals surface area contributed by atoms with Crippen LogP contribution in [0.1, 0.15) is 11.1 Å². The van der Waals surface area contributed by atoms with Crippen molar-refractivity contribution in [1.82, 2.24) is 10.6 Å². The summed E-state index contributed by atoms with van der Waals surface area (Å²) >= 11 is 2.15. The molecule has 2 aromatic carbocycles. The zero-order valence-electron chi connectivity index (χ0n) is 14.4. The molecule has 0 heterocycles. The molecule has 0 saturated heterocycles. The highest BCUT2D eigenvalue weighted by Gasteiger charge is 2.20. The van der Waals surface area contributed by atoms with E-state index in [9.17, 15) is 19.5 Å². The van der Waals surface area contributed by atoms with Crippen molar-refractivity contribution in [2.45, 2.75) is 19.1 Å². The van der Waals surface area contributed by atoms with Crippen LogP contribution in [-0.2, 0) is 27.4 Å². The molecule has 0 unspecified atom stereocenters. The number of carboxylic acid groups (broad SMARTS) is 1. The number of carboxylic acids is 1. The monoisotopic (exact) mass is 482 g/mol. The van der Waals surface area contributed by atoms with E-state index in [2.05, 4.69) is 33.2 Å². The molecule has 0 spiro atoms. The fourth-order valence-electron chi connectivity index (χ4n) is 2.23. The second-order valence-corrected chi connectivity index (χ2v) is 6.95. The molecule has 0 aromatic heterocycles. The highest BCUT2D eigenvalue weighted by Crippen LogP contribution is 2.09. The lowest BCUT2D eigenvalue weighted by Crippen LogP contribution is -2.46. The van der Waals surface area contributed by atoms with Crippen molar-refractivity contribution in [2.24, 2.45) is 0 Å². The van der Waals surface area contributed by atoms with Crippen LogP contribution in [0.4, 0.5) is 4.79 Å². The Morgan fingerprint density at radius 2 is 1.67 bits per heavy atom. The summed E-state index contributed by atoms with van der Waals surface area (Å²) in [4.78, 5) is 34.9. The van der Waals surface area contributed by atoms with Gasteiger partial charge in [-0.05, 0) is 45.9 Å². The van der Waals surface area contributed by atoms with E-state index < -0.39 is 24.0 Å². The Kier molecular flexibility index (Phi) is 8.05. The normalized spacial score (nSPS) is 11.3. The van der Waals surface area contributed by atoms with E-state index in [1.807, 2.05) is 54.6 Å². The largest absolute Gasteiger partial charge is 0.480 e. The maximum atomic E-state index is 11.9. The van der Waals surface area contributed by atoms with Gasteiger partial charge >= 0.3 is 12.1 Å². The molecule has 0 fully saturated rings. The van der Waals surface area contributed by atoms with Gasteiger partial charge < -0.3 is 20.5 Å².